The molecule has 3 aliphatic rings. The van der Waals surface area contributed by atoms with E-state index >= 15 is 0 Å². The fraction of sp³-hybridized carbons (Fsp3) is 0.562. The molecule has 26 heavy (non-hydrogen) atoms. The Hall–Kier alpha value is -2.11. The molecule has 3 aliphatic heterocycles. The van der Waals surface area contributed by atoms with Gasteiger partial charge in [0.05, 0.1) is 6.61 Å². The second kappa shape index (κ2) is 7.64. The lowest BCUT2D eigenvalue weighted by Crippen LogP contribution is -2.56. The summed E-state index contributed by atoms with van der Waals surface area (Å²) in [5.74, 6) is 0.917. The summed E-state index contributed by atoms with van der Waals surface area (Å²) in [6, 6.07) is 0. The van der Waals surface area contributed by atoms with E-state index in [1.807, 2.05) is 19.9 Å². The number of rotatable bonds is 5. The standard InChI is InChI=1S/C16H23N5O5/c1-8(2)3-4-17-14-10-15(19-6-18-10)21(7-20-14)16-13(25)12(24)11(23)9(5-22)26-16/h3,6-7,9,11-13,16-17,22-25H,4-5H2,1-2H3/t9-,11-,12+,13-,16-/m1/s1. The van der Waals surface area contributed by atoms with Gasteiger partial charge in [-0.1, -0.05) is 11.6 Å². The number of aromatic nitrogens is 4. The highest BCUT2D eigenvalue weighted by molar-refractivity contribution is 5.67. The molecule has 0 aliphatic carbocycles. The van der Waals surface area contributed by atoms with Crippen LogP contribution in [0.3, 0.4) is 0 Å². The second-order valence-electron chi connectivity index (χ2n) is 6.43. The molecule has 3 rings (SSSR count). The van der Waals surface area contributed by atoms with Gasteiger partial charge in [0.2, 0.25) is 0 Å². The fourth-order valence-corrected chi connectivity index (χ4v) is 2.83. The van der Waals surface area contributed by atoms with Crippen molar-refractivity contribution in [1.29, 1.82) is 0 Å². The number of ether oxygens (including phenoxy) is 1. The number of nitrogens with one attached hydrogen (secondary N) is 1. The van der Waals surface area contributed by atoms with Crippen LogP contribution in [0, 0.1) is 0 Å². The van der Waals surface area contributed by atoms with Crippen LogP contribution in [-0.2, 0) is 4.74 Å². The first-order valence-electron chi connectivity index (χ1n) is 8.29. The van der Waals surface area contributed by atoms with Crippen molar-refractivity contribution in [3.63, 3.8) is 0 Å². The van der Waals surface area contributed by atoms with E-state index in [1.165, 1.54) is 17.2 Å². The third-order valence-electron chi connectivity index (χ3n) is 4.28. The highest BCUT2D eigenvalue weighted by atomic mass is 16.6. The summed E-state index contributed by atoms with van der Waals surface area (Å²) in [5.41, 5.74) is 1.64. The molecule has 0 bridgehead atoms. The minimum absolute atomic E-state index is 0.393. The van der Waals surface area contributed by atoms with E-state index in [4.69, 9.17) is 4.74 Å². The Morgan fingerprint density at radius 3 is 2.65 bits per heavy atom. The summed E-state index contributed by atoms with van der Waals surface area (Å²) < 4.78 is 6.99. The lowest BCUT2D eigenvalue weighted by molar-refractivity contribution is -0.251. The van der Waals surface area contributed by atoms with Gasteiger partial charge in [0, 0.05) is 6.54 Å². The van der Waals surface area contributed by atoms with E-state index in [2.05, 4.69) is 20.3 Å². The van der Waals surface area contributed by atoms with Crippen molar-refractivity contribution in [3.8, 4) is 11.5 Å². The van der Waals surface area contributed by atoms with Crippen molar-refractivity contribution < 1.29 is 25.2 Å². The van der Waals surface area contributed by atoms with Crippen LogP contribution >= 0.6 is 0 Å². The predicted molar refractivity (Wildman–Crippen MR) is 91.4 cm³/mol. The van der Waals surface area contributed by atoms with Crippen molar-refractivity contribution in [1.82, 2.24) is 19.5 Å². The number of hydrogen-bond donors (Lipinski definition) is 5. The molecule has 142 valence electrons. The van der Waals surface area contributed by atoms with Crippen molar-refractivity contribution in [2.24, 2.45) is 0 Å². The topological polar surface area (TPSA) is 146 Å². The molecule has 0 radical (unpaired) electrons. The summed E-state index contributed by atoms with van der Waals surface area (Å²) in [4.78, 5) is 12.7. The van der Waals surface area contributed by atoms with E-state index in [1.54, 1.807) is 0 Å². The number of aliphatic hydroxyl groups excluding tert-OH is 4. The Labute approximate surface area is 150 Å². The zero-order valence-electron chi connectivity index (χ0n) is 14.5. The van der Waals surface area contributed by atoms with Crippen LogP contribution in [0.15, 0.2) is 24.3 Å². The van der Waals surface area contributed by atoms with Crippen LogP contribution in [0.5, 0.6) is 0 Å². The maximum absolute atomic E-state index is 10.3. The molecule has 0 amide bonds. The van der Waals surface area contributed by atoms with Crippen LogP contribution in [0.1, 0.15) is 20.1 Å². The summed E-state index contributed by atoms with van der Waals surface area (Å²) in [6.07, 6.45) is -1.65. The minimum atomic E-state index is -1.48. The van der Waals surface area contributed by atoms with Gasteiger partial charge in [-0.25, -0.2) is 15.0 Å². The number of anilines is 1. The van der Waals surface area contributed by atoms with Gasteiger partial charge in [-0.3, -0.25) is 4.57 Å². The van der Waals surface area contributed by atoms with Gasteiger partial charge in [-0.05, 0) is 13.8 Å². The normalized spacial score (nSPS) is 28.9. The molecule has 0 unspecified atom stereocenters. The molecule has 1 saturated heterocycles. The monoisotopic (exact) mass is 365 g/mol. The van der Waals surface area contributed by atoms with Gasteiger partial charge in [0.15, 0.2) is 23.6 Å². The first-order valence-corrected chi connectivity index (χ1v) is 8.29. The van der Waals surface area contributed by atoms with Crippen LogP contribution < -0.4 is 5.32 Å². The van der Waals surface area contributed by atoms with Gasteiger partial charge in [0.1, 0.15) is 37.1 Å². The SMILES string of the molecule is CC(C)=CCNc1ncn([C@@H]2O[C@H](CO)[C@@H](O)[C@H](O)[C@H]2O)c2ncnc1-2. The largest absolute Gasteiger partial charge is 0.394 e. The number of aliphatic hydroxyl groups is 4. The minimum Gasteiger partial charge on any atom is -0.394 e. The quantitative estimate of drug-likeness (QED) is 0.427. The molecule has 5 N–H and O–H groups in total. The Morgan fingerprint density at radius 1 is 1.19 bits per heavy atom. The Bertz CT molecular complexity index is 745. The van der Waals surface area contributed by atoms with E-state index in [0.29, 0.717) is 23.9 Å². The number of allylic oxidation sites excluding steroid dienone is 1. The molecule has 5 atom stereocenters. The summed E-state index contributed by atoms with van der Waals surface area (Å²) in [7, 11) is 0. The zero-order valence-corrected chi connectivity index (χ0v) is 14.5. The maximum Gasteiger partial charge on any atom is 0.167 e. The molecule has 1 fully saturated rings. The van der Waals surface area contributed by atoms with Gasteiger partial charge in [0.25, 0.3) is 0 Å². The van der Waals surface area contributed by atoms with Crippen LogP contribution in [0.2, 0.25) is 0 Å². The molecule has 0 saturated carbocycles. The summed E-state index contributed by atoms with van der Waals surface area (Å²) >= 11 is 0. The third kappa shape index (κ3) is 3.41. The molecule has 0 aromatic carbocycles. The van der Waals surface area contributed by atoms with Crippen LogP contribution in [0.4, 0.5) is 5.82 Å². The average molecular weight is 365 g/mol. The molecule has 0 aromatic heterocycles. The Morgan fingerprint density at radius 2 is 1.96 bits per heavy atom. The molecular weight excluding hydrogens is 342 g/mol. The molecule has 3 heterocycles. The number of fused-ring (bicyclic) bond motifs is 1. The van der Waals surface area contributed by atoms with Crippen molar-refractivity contribution in [3.05, 3.63) is 24.3 Å². The van der Waals surface area contributed by atoms with Gasteiger partial charge >= 0.3 is 0 Å². The number of imidazole rings is 1. The van der Waals surface area contributed by atoms with Gasteiger partial charge in [-0.2, -0.15) is 0 Å². The average Bonchev–Trinajstić information content (AvgIpc) is 3.10. The zero-order chi connectivity index (χ0) is 18.8. The van der Waals surface area contributed by atoms with E-state index in [0.717, 1.165) is 5.57 Å². The van der Waals surface area contributed by atoms with Gasteiger partial charge in [-0.15, -0.1) is 0 Å². The second-order valence-corrected chi connectivity index (χ2v) is 6.43. The Balaban J connectivity index is 1.91. The van der Waals surface area contributed by atoms with E-state index in [9.17, 15) is 20.4 Å². The summed E-state index contributed by atoms with van der Waals surface area (Å²) in [5, 5.41) is 42.7. The first-order chi connectivity index (χ1) is 12.4. The summed E-state index contributed by atoms with van der Waals surface area (Å²) in [6.45, 7) is 4.05. The lowest BCUT2D eigenvalue weighted by Gasteiger charge is -2.41. The highest BCUT2D eigenvalue weighted by Gasteiger charge is 2.45. The highest BCUT2D eigenvalue weighted by Crippen LogP contribution is 2.33. The van der Waals surface area contributed by atoms with Crippen molar-refractivity contribution in [2.75, 3.05) is 18.5 Å². The maximum atomic E-state index is 10.3. The van der Waals surface area contributed by atoms with E-state index < -0.39 is 37.3 Å². The Kier molecular flexibility index (Phi) is 5.49. The van der Waals surface area contributed by atoms with Crippen LogP contribution in [0.25, 0.3) is 11.5 Å². The smallest absolute Gasteiger partial charge is 0.167 e. The molecule has 10 heteroatoms. The molecule has 10 nitrogen and oxygen atoms in total. The fourth-order valence-electron chi connectivity index (χ4n) is 2.83. The predicted octanol–water partition coefficient (Wildman–Crippen LogP) is -0.872. The third-order valence-corrected chi connectivity index (χ3v) is 4.28. The number of nitrogens with zero attached hydrogens (tertiary/aromatic N) is 4. The number of hydrogen-bond acceptors (Lipinski definition) is 9. The van der Waals surface area contributed by atoms with Crippen molar-refractivity contribution in [2.45, 2.75) is 44.5 Å². The van der Waals surface area contributed by atoms with E-state index in [-0.39, 0.29) is 0 Å². The molecule has 0 aromatic rings. The molecule has 0 spiro atoms. The van der Waals surface area contributed by atoms with Crippen molar-refractivity contribution >= 4 is 5.82 Å². The lowest BCUT2D eigenvalue weighted by atomic mass is 9.98. The van der Waals surface area contributed by atoms with Gasteiger partial charge < -0.3 is 30.5 Å². The van der Waals surface area contributed by atoms with Crippen LogP contribution in [-0.4, -0.2) is 77.5 Å². The molecular formula is C16H23N5O5. The first kappa shape index (κ1) is 18.7.